The van der Waals surface area contributed by atoms with Crippen molar-refractivity contribution < 1.29 is 23.7 Å². The molecule has 1 atom stereocenters. The molecule has 0 aliphatic carbocycles. The van der Waals surface area contributed by atoms with Gasteiger partial charge in [0.2, 0.25) is 0 Å². The Balaban J connectivity index is 2.26. The summed E-state index contributed by atoms with van der Waals surface area (Å²) >= 11 is 1.03. The Morgan fingerprint density at radius 2 is 2.13 bits per heavy atom. The number of dihydropyridines is 1. The van der Waals surface area contributed by atoms with E-state index in [1.54, 1.807) is 25.1 Å². The minimum Gasteiger partial charge on any atom is -0.466 e. The van der Waals surface area contributed by atoms with Gasteiger partial charge in [-0.3, -0.25) is 5.41 Å². The van der Waals surface area contributed by atoms with Gasteiger partial charge in [-0.05, 0) is 28.9 Å². The summed E-state index contributed by atoms with van der Waals surface area (Å²) in [6, 6.07) is 5.16. The summed E-state index contributed by atoms with van der Waals surface area (Å²) in [7, 11) is 1.26. The number of esters is 2. The van der Waals surface area contributed by atoms with Crippen molar-refractivity contribution >= 4 is 39.9 Å². The first-order chi connectivity index (χ1) is 14.9. The Hall–Kier alpha value is -3.60. The molecule has 1 aliphatic heterocycles. The highest BCUT2D eigenvalue weighted by Crippen LogP contribution is 2.41. The molecule has 1 aliphatic rings. The van der Waals surface area contributed by atoms with E-state index < -0.39 is 17.9 Å². The van der Waals surface area contributed by atoms with Crippen LogP contribution in [0, 0.1) is 5.41 Å². The van der Waals surface area contributed by atoms with Crippen LogP contribution in [0.2, 0.25) is 0 Å². The molecule has 162 valence electrons. The third kappa shape index (κ3) is 4.45. The number of carbonyl (C=O) groups is 2. The molecule has 31 heavy (non-hydrogen) atoms. The second kappa shape index (κ2) is 9.47. The summed E-state index contributed by atoms with van der Waals surface area (Å²) in [5, 5.41) is 18.3. The van der Waals surface area contributed by atoms with Crippen LogP contribution in [0.3, 0.4) is 0 Å². The highest BCUT2D eigenvalue weighted by Gasteiger charge is 2.40. The first-order valence-electron chi connectivity index (χ1n) is 9.14. The average molecular weight is 443 g/mol. The van der Waals surface area contributed by atoms with Crippen molar-refractivity contribution in [3.8, 4) is 0 Å². The molecular weight excluding hydrogens is 422 g/mol. The molecule has 0 saturated carbocycles. The van der Waals surface area contributed by atoms with Crippen molar-refractivity contribution in [2.24, 2.45) is 5.73 Å². The van der Waals surface area contributed by atoms with Crippen LogP contribution in [0.15, 0.2) is 58.0 Å². The van der Waals surface area contributed by atoms with E-state index in [-0.39, 0.29) is 28.7 Å². The zero-order chi connectivity index (χ0) is 22.5. The second-order valence-electron chi connectivity index (χ2n) is 6.50. The highest BCUT2D eigenvalue weighted by molar-refractivity contribution is 8.13. The van der Waals surface area contributed by atoms with Crippen molar-refractivity contribution in [3.05, 3.63) is 59.0 Å². The van der Waals surface area contributed by atoms with Gasteiger partial charge in [-0.2, -0.15) is 0 Å². The Morgan fingerprint density at radius 1 is 1.35 bits per heavy atom. The number of methoxy groups -OCH3 is 1. The summed E-state index contributed by atoms with van der Waals surface area (Å²) < 4.78 is 15.2. The number of nitrogens with two attached hydrogens (primary N) is 1. The lowest BCUT2D eigenvalue weighted by Gasteiger charge is -2.31. The number of thioether (sulfide) groups is 1. The van der Waals surface area contributed by atoms with E-state index in [2.05, 4.69) is 22.2 Å². The lowest BCUT2D eigenvalue weighted by atomic mass is 9.80. The van der Waals surface area contributed by atoms with Crippen LogP contribution in [0.25, 0.3) is 11.0 Å². The van der Waals surface area contributed by atoms with Crippen LogP contribution in [0.1, 0.15) is 18.4 Å². The van der Waals surface area contributed by atoms with Crippen molar-refractivity contribution in [2.75, 3.05) is 19.5 Å². The molecule has 10 nitrogen and oxygen atoms in total. The molecule has 2 aromatic rings. The van der Waals surface area contributed by atoms with Crippen LogP contribution in [0.4, 0.5) is 0 Å². The lowest BCUT2D eigenvalue weighted by Crippen LogP contribution is -2.34. The van der Waals surface area contributed by atoms with Crippen molar-refractivity contribution in [2.45, 2.75) is 12.8 Å². The van der Waals surface area contributed by atoms with E-state index in [9.17, 15) is 9.59 Å². The van der Waals surface area contributed by atoms with Crippen LogP contribution in [-0.2, 0) is 19.1 Å². The van der Waals surface area contributed by atoms with Gasteiger partial charge in [0, 0.05) is 17.1 Å². The summed E-state index contributed by atoms with van der Waals surface area (Å²) in [6.45, 7) is 5.24. The van der Waals surface area contributed by atoms with Crippen LogP contribution < -0.4 is 11.1 Å². The lowest BCUT2D eigenvalue weighted by molar-refractivity contribution is -0.138. The van der Waals surface area contributed by atoms with Gasteiger partial charge in [0.15, 0.2) is 5.17 Å². The number of ether oxygens (including phenoxy) is 2. The van der Waals surface area contributed by atoms with Crippen molar-refractivity contribution in [3.63, 3.8) is 0 Å². The standard InChI is InChI=1S/C20H21N5O5S/c1-4-8-29-19(27)16-13(9-31-20(21)22)23-10(2)14(18(26)28-3)15(16)11-6-5-7-12-17(11)25-30-24-12/h4-7,15,23H,1,8-9H2,2-3H3,(H3,21,22). The Morgan fingerprint density at radius 3 is 2.81 bits per heavy atom. The molecule has 4 N–H and O–H groups in total. The minimum absolute atomic E-state index is 0.0197. The molecule has 0 amide bonds. The molecule has 3 rings (SSSR count). The number of allylic oxidation sites excluding steroid dienone is 1. The molecule has 0 spiro atoms. The normalized spacial score (nSPS) is 16.1. The molecular formula is C20H21N5O5S. The maximum absolute atomic E-state index is 13.1. The molecule has 1 aromatic carbocycles. The van der Waals surface area contributed by atoms with Crippen molar-refractivity contribution in [1.29, 1.82) is 5.41 Å². The van der Waals surface area contributed by atoms with E-state index in [1.807, 2.05) is 0 Å². The van der Waals surface area contributed by atoms with Crippen LogP contribution in [0.5, 0.6) is 0 Å². The quantitative estimate of drug-likeness (QED) is 0.250. The molecule has 1 unspecified atom stereocenters. The molecule has 0 saturated heterocycles. The number of benzene rings is 1. The van der Waals surface area contributed by atoms with Crippen molar-refractivity contribution in [1.82, 2.24) is 15.6 Å². The van der Waals surface area contributed by atoms with Gasteiger partial charge in [0.1, 0.15) is 17.6 Å². The first kappa shape index (κ1) is 22.1. The number of nitrogens with one attached hydrogen (secondary N) is 2. The van der Waals surface area contributed by atoms with E-state index >= 15 is 0 Å². The summed E-state index contributed by atoms with van der Waals surface area (Å²) in [5.41, 5.74) is 8.24. The second-order valence-corrected chi connectivity index (χ2v) is 7.52. The number of nitrogens with zero attached hydrogens (tertiary/aromatic N) is 2. The van der Waals surface area contributed by atoms with Gasteiger partial charge < -0.3 is 20.5 Å². The zero-order valence-corrected chi connectivity index (χ0v) is 17.7. The van der Waals surface area contributed by atoms with Gasteiger partial charge in [0.05, 0.1) is 24.2 Å². The maximum atomic E-state index is 13.1. The Labute approximate surface area is 182 Å². The van der Waals surface area contributed by atoms with E-state index in [1.165, 1.54) is 13.2 Å². The van der Waals surface area contributed by atoms with Gasteiger partial charge in [-0.15, -0.1) is 0 Å². The van der Waals surface area contributed by atoms with Gasteiger partial charge in [-0.25, -0.2) is 14.2 Å². The third-order valence-corrected chi connectivity index (χ3v) is 5.35. The fraction of sp³-hybridized carbons (Fsp3) is 0.250. The summed E-state index contributed by atoms with van der Waals surface area (Å²) in [5.74, 6) is -1.96. The number of hydrogen-bond donors (Lipinski definition) is 3. The monoisotopic (exact) mass is 443 g/mol. The SMILES string of the molecule is C=CCOC(=O)C1=C(CSC(=N)N)NC(C)=C(C(=O)OC)C1c1cccc2nonc12. The predicted molar refractivity (Wildman–Crippen MR) is 115 cm³/mol. The smallest absolute Gasteiger partial charge is 0.337 e. The molecule has 1 aromatic heterocycles. The minimum atomic E-state index is -0.871. The Kier molecular flexibility index (Phi) is 6.75. The fourth-order valence-corrected chi connectivity index (χ4v) is 3.89. The van der Waals surface area contributed by atoms with Gasteiger partial charge >= 0.3 is 11.9 Å². The highest BCUT2D eigenvalue weighted by atomic mass is 32.2. The van der Waals surface area contributed by atoms with Crippen LogP contribution in [-0.4, -0.2) is 46.9 Å². The fourth-order valence-electron chi connectivity index (χ4n) is 3.37. The maximum Gasteiger partial charge on any atom is 0.337 e. The number of amidine groups is 1. The third-order valence-electron chi connectivity index (χ3n) is 4.60. The summed E-state index contributed by atoms with van der Waals surface area (Å²) in [4.78, 5) is 25.9. The number of hydrogen-bond acceptors (Lipinski definition) is 10. The first-order valence-corrected chi connectivity index (χ1v) is 10.1. The predicted octanol–water partition coefficient (Wildman–Crippen LogP) is 1.97. The molecule has 0 bridgehead atoms. The van der Waals surface area contributed by atoms with Gasteiger partial charge in [0.25, 0.3) is 0 Å². The average Bonchev–Trinajstić information content (AvgIpc) is 3.24. The summed E-state index contributed by atoms with van der Waals surface area (Å²) in [6.07, 6.45) is 1.44. The molecule has 0 fully saturated rings. The molecule has 2 heterocycles. The zero-order valence-electron chi connectivity index (χ0n) is 16.9. The number of carbonyl (C=O) groups excluding carboxylic acids is 2. The van der Waals surface area contributed by atoms with E-state index in [4.69, 9.17) is 25.2 Å². The molecule has 0 radical (unpaired) electrons. The van der Waals surface area contributed by atoms with Gasteiger partial charge in [-0.1, -0.05) is 36.5 Å². The number of fused-ring (bicyclic) bond motifs is 1. The van der Waals surface area contributed by atoms with E-state index in [0.717, 1.165) is 11.8 Å². The number of rotatable bonds is 7. The largest absolute Gasteiger partial charge is 0.466 e. The van der Waals surface area contributed by atoms with E-state index in [0.29, 0.717) is 28.0 Å². The topological polar surface area (TPSA) is 153 Å². The Bertz CT molecular complexity index is 1120. The molecule has 11 heteroatoms. The van der Waals surface area contributed by atoms with Crippen LogP contribution >= 0.6 is 11.8 Å². The number of aromatic nitrogens is 2.